The van der Waals surface area contributed by atoms with Crippen LogP contribution >= 0.6 is 12.2 Å². The molecular formula is C21H24F3N5OS. The summed E-state index contributed by atoms with van der Waals surface area (Å²) >= 11 is 4.60. The molecule has 0 radical (unpaired) electrons. The van der Waals surface area contributed by atoms with E-state index in [1.807, 2.05) is 29.2 Å². The van der Waals surface area contributed by atoms with E-state index in [1.54, 1.807) is 13.2 Å². The number of alkyl halides is 3. The third-order valence-electron chi connectivity index (χ3n) is 5.04. The molecule has 2 aromatic rings. The Labute approximate surface area is 184 Å². The molecule has 6 nitrogen and oxygen atoms in total. The number of thiocarbonyl (C=S) groups is 1. The molecule has 0 aromatic heterocycles. The van der Waals surface area contributed by atoms with Gasteiger partial charge in [0.05, 0.1) is 18.9 Å². The fourth-order valence-corrected chi connectivity index (χ4v) is 3.56. The molecule has 31 heavy (non-hydrogen) atoms. The molecule has 1 aliphatic rings. The first-order valence-corrected chi connectivity index (χ1v) is 10.1. The Kier molecular flexibility index (Phi) is 7.34. The lowest BCUT2D eigenvalue weighted by Gasteiger charge is -2.36. The van der Waals surface area contributed by atoms with Gasteiger partial charge in [0.2, 0.25) is 0 Å². The SMILES string of the molecule is COc1ccccc1CN1CCN(c2ccc(/C=N/NC(N)=S)c(C(F)(F)F)c2)CC1. The van der Waals surface area contributed by atoms with Crippen LogP contribution in [0.1, 0.15) is 16.7 Å². The van der Waals surface area contributed by atoms with Crippen molar-refractivity contribution in [1.29, 1.82) is 0 Å². The van der Waals surface area contributed by atoms with Gasteiger partial charge < -0.3 is 15.4 Å². The highest BCUT2D eigenvalue weighted by atomic mass is 32.1. The number of nitrogens with zero attached hydrogens (tertiary/aromatic N) is 3. The summed E-state index contributed by atoms with van der Waals surface area (Å²) in [7, 11) is 1.64. The Morgan fingerprint density at radius 1 is 1.19 bits per heavy atom. The highest BCUT2D eigenvalue weighted by molar-refractivity contribution is 7.80. The zero-order valence-corrected chi connectivity index (χ0v) is 17.8. The predicted octanol–water partition coefficient (Wildman–Crippen LogP) is 3.20. The summed E-state index contributed by atoms with van der Waals surface area (Å²) in [4.78, 5) is 4.23. The smallest absolute Gasteiger partial charge is 0.417 e. The molecule has 0 bridgehead atoms. The van der Waals surface area contributed by atoms with E-state index in [2.05, 4.69) is 27.6 Å². The van der Waals surface area contributed by atoms with Gasteiger partial charge in [-0.05, 0) is 30.4 Å². The number of hydrazone groups is 1. The van der Waals surface area contributed by atoms with Crippen LogP contribution < -0.4 is 20.8 Å². The molecule has 2 aromatic carbocycles. The fraction of sp³-hybridized carbons (Fsp3) is 0.333. The summed E-state index contributed by atoms with van der Waals surface area (Å²) in [5.74, 6) is 0.835. The van der Waals surface area contributed by atoms with Crippen molar-refractivity contribution in [3.05, 3.63) is 59.2 Å². The number of rotatable bonds is 6. The van der Waals surface area contributed by atoms with E-state index in [-0.39, 0.29) is 10.7 Å². The van der Waals surface area contributed by atoms with Crippen molar-refractivity contribution in [2.24, 2.45) is 10.8 Å². The van der Waals surface area contributed by atoms with Gasteiger partial charge in [-0.25, -0.2) is 0 Å². The number of para-hydroxylation sites is 1. The number of nitrogens with two attached hydrogens (primary N) is 1. The number of hydrogen-bond donors (Lipinski definition) is 2. The minimum Gasteiger partial charge on any atom is -0.496 e. The van der Waals surface area contributed by atoms with Crippen LogP contribution in [-0.2, 0) is 12.7 Å². The van der Waals surface area contributed by atoms with Crippen LogP contribution in [0.4, 0.5) is 18.9 Å². The molecular weight excluding hydrogens is 427 g/mol. The van der Waals surface area contributed by atoms with Gasteiger partial charge in [0.1, 0.15) is 5.75 Å². The number of benzene rings is 2. The average Bonchev–Trinajstić information content (AvgIpc) is 2.74. The van der Waals surface area contributed by atoms with Gasteiger partial charge in [0.25, 0.3) is 0 Å². The molecule has 1 heterocycles. The van der Waals surface area contributed by atoms with E-state index >= 15 is 0 Å². The molecule has 166 valence electrons. The Balaban J connectivity index is 1.69. The van der Waals surface area contributed by atoms with Gasteiger partial charge in [-0.1, -0.05) is 24.3 Å². The summed E-state index contributed by atoms with van der Waals surface area (Å²) in [5.41, 5.74) is 8.32. The Bertz CT molecular complexity index is 943. The van der Waals surface area contributed by atoms with Crippen LogP contribution in [0.25, 0.3) is 0 Å². The first-order chi connectivity index (χ1) is 14.8. The molecule has 0 amide bonds. The third kappa shape index (κ3) is 6.08. The molecule has 3 rings (SSSR count). The Hall–Kier alpha value is -2.85. The number of anilines is 1. The fourth-order valence-electron chi connectivity index (χ4n) is 3.50. The van der Waals surface area contributed by atoms with Crippen molar-refractivity contribution in [2.75, 3.05) is 38.2 Å². The van der Waals surface area contributed by atoms with Crippen molar-refractivity contribution in [3.8, 4) is 5.75 Å². The predicted molar refractivity (Wildman–Crippen MR) is 119 cm³/mol. The van der Waals surface area contributed by atoms with E-state index in [1.165, 1.54) is 6.07 Å². The number of ether oxygens (including phenoxy) is 1. The first-order valence-electron chi connectivity index (χ1n) is 9.67. The second-order valence-electron chi connectivity index (χ2n) is 7.08. The minimum atomic E-state index is -4.51. The van der Waals surface area contributed by atoms with E-state index in [4.69, 9.17) is 10.5 Å². The van der Waals surface area contributed by atoms with Crippen LogP contribution in [0, 0.1) is 0 Å². The summed E-state index contributed by atoms with van der Waals surface area (Å²) in [6, 6.07) is 12.1. The van der Waals surface area contributed by atoms with Crippen molar-refractivity contribution in [1.82, 2.24) is 10.3 Å². The van der Waals surface area contributed by atoms with Crippen molar-refractivity contribution in [3.63, 3.8) is 0 Å². The monoisotopic (exact) mass is 451 g/mol. The van der Waals surface area contributed by atoms with E-state index in [9.17, 15) is 13.2 Å². The highest BCUT2D eigenvalue weighted by Gasteiger charge is 2.34. The number of halogens is 3. The molecule has 0 saturated carbocycles. The molecule has 0 spiro atoms. The van der Waals surface area contributed by atoms with Crippen LogP contribution in [-0.4, -0.2) is 49.5 Å². The maximum absolute atomic E-state index is 13.6. The summed E-state index contributed by atoms with van der Waals surface area (Å²) in [6.45, 7) is 3.46. The second-order valence-corrected chi connectivity index (χ2v) is 7.52. The number of hydrogen-bond acceptors (Lipinski definition) is 5. The summed E-state index contributed by atoms with van der Waals surface area (Å²) in [6.07, 6.45) is -3.44. The lowest BCUT2D eigenvalue weighted by Crippen LogP contribution is -2.46. The van der Waals surface area contributed by atoms with Gasteiger partial charge in [-0.2, -0.15) is 18.3 Å². The summed E-state index contributed by atoms with van der Waals surface area (Å²) in [5, 5.41) is 3.53. The van der Waals surface area contributed by atoms with Crippen molar-refractivity contribution >= 4 is 29.2 Å². The second kappa shape index (κ2) is 9.97. The maximum Gasteiger partial charge on any atom is 0.417 e. The van der Waals surface area contributed by atoms with Gasteiger partial charge in [-0.3, -0.25) is 10.3 Å². The zero-order valence-electron chi connectivity index (χ0n) is 17.0. The van der Waals surface area contributed by atoms with Crippen molar-refractivity contribution < 1.29 is 17.9 Å². The minimum absolute atomic E-state index is 0.0604. The molecule has 1 saturated heterocycles. The van der Waals surface area contributed by atoms with Gasteiger partial charge >= 0.3 is 6.18 Å². The number of methoxy groups -OCH3 is 1. The van der Waals surface area contributed by atoms with Crippen molar-refractivity contribution in [2.45, 2.75) is 12.7 Å². The number of piperazine rings is 1. The summed E-state index contributed by atoms with van der Waals surface area (Å²) < 4.78 is 46.2. The van der Waals surface area contributed by atoms with E-state index in [0.717, 1.165) is 43.2 Å². The molecule has 1 fully saturated rings. The highest BCUT2D eigenvalue weighted by Crippen LogP contribution is 2.34. The largest absolute Gasteiger partial charge is 0.496 e. The molecule has 3 N–H and O–H groups in total. The van der Waals surface area contributed by atoms with Crippen LogP contribution in [0.3, 0.4) is 0 Å². The third-order valence-corrected chi connectivity index (χ3v) is 5.14. The van der Waals surface area contributed by atoms with Gasteiger partial charge in [-0.15, -0.1) is 0 Å². The molecule has 1 aliphatic heterocycles. The van der Waals surface area contributed by atoms with E-state index < -0.39 is 11.7 Å². The standard InChI is InChI=1S/C21H24F3N5OS/c1-30-19-5-3-2-4-16(19)14-28-8-10-29(11-9-28)17-7-6-15(13-26-27-20(25)31)18(12-17)21(22,23)24/h2-7,12-13H,8-11,14H2,1H3,(H3,25,27,31)/b26-13+. The van der Waals surface area contributed by atoms with Gasteiger partial charge in [0.15, 0.2) is 5.11 Å². The lowest BCUT2D eigenvalue weighted by atomic mass is 10.1. The average molecular weight is 452 g/mol. The van der Waals surface area contributed by atoms with E-state index in [0.29, 0.717) is 18.8 Å². The number of nitrogens with one attached hydrogen (secondary N) is 1. The molecule has 0 unspecified atom stereocenters. The van der Waals surface area contributed by atoms with Crippen LogP contribution in [0.5, 0.6) is 5.75 Å². The molecule has 10 heteroatoms. The lowest BCUT2D eigenvalue weighted by molar-refractivity contribution is -0.137. The molecule has 0 aliphatic carbocycles. The van der Waals surface area contributed by atoms with Crippen LogP contribution in [0.15, 0.2) is 47.6 Å². The topological polar surface area (TPSA) is 66.1 Å². The maximum atomic E-state index is 13.6. The Morgan fingerprint density at radius 3 is 2.55 bits per heavy atom. The van der Waals surface area contributed by atoms with Crippen LogP contribution in [0.2, 0.25) is 0 Å². The molecule has 0 atom stereocenters. The normalized spacial score (nSPS) is 15.3. The first kappa shape index (κ1) is 22.8. The quantitative estimate of drug-likeness (QED) is 0.400. The zero-order chi connectivity index (χ0) is 22.4. The van der Waals surface area contributed by atoms with Gasteiger partial charge in [0, 0.05) is 49.5 Å². The Morgan fingerprint density at radius 2 is 1.90 bits per heavy atom.